The monoisotopic (exact) mass is 287 g/mol. The molecule has 3 rings (SSSR count). The molecule has 0 saturated carbocycles. The number of benzene rings is 1. The first-order valence-electron chi connectivity index (χ1n) is 7.70. The number of hydrogen-bond donors (Lipinski definition) is 2. The van der Waals surface area contributed by atoms with Crippen LogP contribution >= 0.6 is 0 Å². The fourth-order valence-electron chi connectivity index (χ4n) is 3.05. The summed E-state index contributed by atoms with van der Waals surface area (Å²) >= 11 is 0. The smallest absolute Gasteiger partial charge is 0.251 e. The number of carbonyl (C=O) groups excluding carboxylic acids is 2. The summed E-state index contributed by atoms with van der Waals surface area (Å²) in [5, 5.41) is 5.83. The first-order chi connectivity index (χ1) is 10.2. The van der Waals surface area contributed by atoms with E-state index >= 15 is 0 Å². The molecule has 0 spiro atoms. The van der Waals surface area contributed by atoms with Crippen molar-refractivity contribution in [1.82, 2.24) is 5.32 Å². The van der Waals surface area contributed by atoms with Crippen molar-refractivity contribution in [3.63, 3.8) is 0 Å². The van der Waals surface area contributed by atoms with Crippen LogP contribution in [-0.4, -0.2) is 30.9 Å². The maximum Gasteiger partial charge on any atom is 0.251 e. The lowest BCUT2D eigenvalue weighted by Crippen LogP contribution is -2.44. The highest BCUT2D eigenvalue weighted by Gasteiger charge is 2.36. The molecule has 0 aromatic heterocycles. The Hall–Kier alpha value is -2.04. The van der Waals surface area contributed by atoms with E-state index in [9.17, 15) is 9.59 Å². The highest BCUT2D eigenvalue weighted by Crippen LogP contribution is 2.37. The van der Waals surface area contributed by atoms with Gasteiger partial charge < -0.3 is 15.5 Å². The van der Waals surface area contributed by atoms with E-state index in [1.54, 1.807) is 6.07 Å². The Morgan fingerprint density at radius 2 is 2.33 bits per heavy atom. The van der Waals surface area contributed by atoms with E-state index in [1.165, 1.54) is 0 Å². The van der Waals surface area contributed by atoms with Crippen molar-refractivity contribution in [1.29, 1.82) is 0 Å². The van der Waals surface area contributed by atoms with Crippen LogP contribution in [0.4, 0.5) is 11.4 Å². The molecule has 0 aliphatic carbocycles. The lowest BCUT2D eigenvalue weighted by Gasteiger charge is -2.33. The second-order valence-electron chi connectivity index (χ2n) is 5.68. The molecule has 5 nitrogen and oxygen atoms in total. The molecule has 0 bridgehead atoms. The number of unbranched alkanes of at least 4 members (excludes halogenated alkanes) is 1. The van der Waals surface area contributed by atoms with Crippen LogP contribution < -0.4 is 15.5 Å². The van der Waals surface area contributed by atoms with E-state index in [0.717, 1.165) is 43.6 Å². The second kappa shape index (κ2) is 5.76. The Morgan fingerprint density at radius 3 is 3.14 bits per heavy atom. The van der Waals surface area contributed by atoms with Crippen molar-refractivity contribution in [2.45, 2.75) is 38.6 Å². The number of rotatable bonds is 4. The first-order valence-corrected chi connectivity index (χ1v) is 7.70. The minimum atomic E-state index is -0.0796. The highest BCUT2D eigenvalue weighted by atomic mass is 16.2. The summed E-state index contributed by atoms with van der Waals surface area (Å²) < 4.78 is 0. The number of nitrogens with zero attached hydrogens (tertiary/aromatic N) is 1. The lowest BCUT2D eigenvalue weighted by molar-refractivity contribution is -0.117. The Labute approximate surface area is 124 Å². The van der Waals surface area contributed by atoms with Gasteiger partial charge >= 0.3 is 0 Å². The van der Waals surface area contributed by atoms with Gasteiger partial charge in [0.2, 0.25) is 5.91 Å². The molecule has 0 radical (unpaired) electrons. The third-order valence-electron chi connectivity index (χ3n) is 4.20. The van der Waals surface area contributed by atoms with Gasteiger partial charge in [-0.2, -0.15) is 0 Å². The van der Waals surface area contributed by atoms with Crippen LogP contribution in [0.1, 0.15) is 43.0 Å². The molecule has 2 aliphatic rings. The van der Waals surface area contributed by atoms with Crippen LogP contribution in [0.3, 0.4) is 0 Å². The fraction of sp³-hybridized carbons (Fsp3) is 0.500. The van der Waals surface area contributed by atoms with Gasteiger partial charge in [-0.25, -0.2) is 0 Å². The molecule has 5 heteroatoms. The molecule has 2 aliphatic heterocycles. The van der Waals surface area contributed by atoms with Gasteiger partial charge in [0.25, 0.3) is 5.91 Å². The first kappa shape index (κ1) is 13.9. The van der Waals surface area contributed by atoms with E-state index in [4.69, 9.17) is 0 Å². The molecule has 21 heavy (non-hydrogen) atoms. The lowest BCUT2D eigenvalue weighted by atomic mass is 10.1. The van der Waals surface area contributed by atoms with Crippen molar-refractivity contribution in [3.8, 4) is 0 Å². The zero-order valence-corrected chi connectivity index (χ0v) is 12.3. The maximum atomic E-state index is 12.1. The van der Waals surface area contributed by atoms with Gasteiger partial charge in [-0.15, -0.1) is 0 Å². The molecule has 112 valence electrons. The van der Waals surface area contributed by atoms with Crippen LogP contribution in [0.2, 0.25) is 0 Å². The number of carbonyl (C=O) groups is 2. The molecular formula is C16H21N3O2. The number of fused-ring (bicyclic) bond motifs is 3. The Bertz CT molecular complexity index is 571. The standard InChI is InChI=1S/C16H21N3O2/c1-2-3-8-17-15(20)11-6-7-13-12(10-11)18-16(21)14-5-4-9-19(13)14/h6-7,10,14H,2-5,8-9H2,1H3,(H,17,20)(H,18,21)/t14-/m0/s1. The van der Waals surface area contributed by atoms with Crippen molar-refractivity contribution < 1.29 is 9.59 Å². The molecule has 1 aromatic carbocycles. The van der Waals surface area contributed by atoms with E-state index in [-0.39, 0.29) is 17.9 Å². The average molecular weight is 287 g/mol. The van der Waals surface area contributed by atoms with Gasteiger partial charge in [-0.3, -0.25) is 9.59 Å². The predicted molar refractivity (Wildman–Crippen MR) is 82.7 cm³/mol. The van der Waals surface area contributed by atoms with E-state index in [0.29, 0.717) is 12.1 Å². The highest BCUT2D eigenvalue weighted by molar-refractivity contribution is 6.06. The second-order valence-corrected chi connectivity index (χ2v) is 5.68. The summed E-state index contributed by atoms with van der Waals surface area (Å²) in [6, 6.07) is 5.53. The Kier molecular flexibility index (Phi) is 3.82. The minimum Gasteiger partial charge on any atom is -0.358 e. The summed E-state index contributed by atoms with van der Waals surface area (Å²) in [5.74, 6) is -0.0346. The molecule has 2 amide bonds. The van der Waals surface area contributed by atoms with E-state index < -0.39 is 0 Å². The van der Waals surface area contributed by atoms with Crippen LogP contribution in [0.15, 0.2) is 18.2 Å². The van der Waals surface area contributed by atoms with Crippen LogP contribution in [0.5, 0.6) is 0 Å². The van der Waals surface area contributed by atoms with E-state index in [1.807, 2.05) is 12.1 Å². The third-order valence-corrected chi connectivity index (χ3v) is 4.20. The Balaban J connectivity index is 1.80. The summed E-state index contributed by atoms with van der Waals surface area (Å²) in [4.78, 5) is 26.3. The van der Waals surface area contributed by atoms with Gasteiger partial charge in [0, 0.05) is 18.7 Å². The molecule has 1 aromatic rings. The van der Waals surface area contributed by atoms with Gasteiger partial charge in [0.15, 0.2) is 0 Å². The molecule has 2 N–H and O–H groups in total. The van der Waals surface area contributed by atoms with Gasteiger partial charge in [0.1, 0.15) is 6.04 Å². The normalized spacial score (nSPS) is 19.8. The van der Waals surface area contributed by atoms with Crippen molar-refractivity contribution in [2.75, 3.05) is 23.3 Å². The zero-order valence-electron chi connectivity index (χ0n) is 12.3. The van der Waals surface area contributed by atoms with Gasteiger partial charge in [-0.1, -0.05) is 13.3 Å². The SMILES string of the molecule is CCCCNC(=O)c1ccc2c(c1)NC(=O)[C@@H]1CCCN21. The topological polar surface area (TPSA) is 61.4 Å². The van der Waals surface area contributed by atoms with Crippen LogP contribution in [0, 0.1) is 0 Å². The summed E-state index contributed by atoms with van der Waals surface area (Å²) in [7, 11) is 0. The number of anilines is 2. The molecule has 0 unspecified atom stereocenters. The number of nitrogens with one attached hydrogen (secondary N) is 2. The summed E-state index contributed by atoms with van der Waals surface area (Å²) in [6.07, 6.45) is 3.97. The quantitative estimate of drug-likeness (QED) is 0.834. The van der Waals surface area contributed by atoms with Crippen LogP contribution in [-0.2, 0) is 4.79 Å². The van der Waals surface area contributed by atoms with Crippen LogP contribution in [0.25, 0.3) is 0 Å². The third kappa shape index (κ3) is 2.60. The molecular weight excluding hydrogens is 266 g/mol. The van der Waals surface area contributed by atoms with Crippen molar-refractivity contribution in [3.05, 3.63) is 23.8 Å². The van der Waals surface area contributed by atoms with Gasteiger partial charge in [-0.05, 0) is 37.5 Å². The summed E-state index contributed by atoms with van der Waals surface area (Å²) in [6.45, 7) is 3.69. The molecule has 1 atom stereocenters. The molecule has 2 heterocycles. The Morgan fingerprint density at radius 1 is 1.48 bits per heavy atom. The molecule has 1 saturated heterocycles. The van der Waals surface area contributed by atoms with Crippen molar-refractivity contribution in [2.24, 2.45) is 0 Å². The predicted octanol–water partition coefficient (Wildman–Crippen LogP) is 2.14. The maximum absolute atomic E-state index is 12.1. The number of hydrogen-bond acceptors (Lipinski definition) is 3. The summed E-state index contributed by atoms with van der Waals surface area (Å²) in [5.41, 5.74) is 2.38. The van der Waals surface area contributed by atoms with E-state index in [2.05, 4.69) is 22.5 Å². The average Bonchev–Trinajstić information content (AvgIpc) is 2.97. The minimum absolute atomic E-state index is 0.0401. The molecule has 1 fully saturated rings. The zero-order chi connectivity index (χ0) is 14.8. The number of amides is 2. The largest absolute Gasteiger partial charge is 0.358 e. The fourth-order valence-corrected chi connectivity index (χ4v) is 3.05. The van der Waals surface area contributed by atoms with Gasteiger partial charge in [0.05, 0.1) is 11.4 Å². The van der Waals surface area contributed by atoms with Crippen molar-refractivity contribution >= 4 is 23.2 Å².